The van der Waals surface area contributed by atoms with Crippen LogP contribution in [0.1, 0.15) is 31.2 Å². The first-order valence-electron chi connectivity index (χ1n) is 6.08. The summed E-state index contributed by atoms with van der Waals surface area (Å²) in [5, 5.41) is 8.23. The maximum atomic E-state index is 7.66. The lowest BCUT2D eigenvalue weighted by molar-refractivity contribution is 0.726. The minimum Gasteiger partial charge on any atom is -0.384 e. The van der Waals surface area contributed by atoms with Gasteiger partial charge in [0.2, 0.25) is 0 Å². The molecule has 1 aromatic rings. The molecule has 0 radical (unpaired) electrons. The molecule has 0 amide bonds. The Bertz CT molecular complexity index is 409. The number of nitrogens with two attached hydrogens (primary N) is 1. The van der Waals surface area contributed by atoms with E-state index in [-0.39, 0.29) is 5.84 Å². The molecular weight excluding hydrogens is 234 g/mol. The van der Waals surface area contributed by atoms with Gasteiger partial charge < -0.3 is 10.6 Å². The number of nitrogen functional groups attached to an aromatic ring is 1. The standard InChI is InChI=1S/C13H18ClN3/c14-10-6-5-7-11(12(10)13(15)16)17-8-3-1-2-4-9-17/h5-7H,1-4,8-9H2,(H3,15,16). The first kappa shape index (κ1) is 12.2. The highest BCUT2D eigenvalue weighted by Crippen LogP contribution is 2.28. The van der Waals surface area contributed by atoms with E-state index in [0.717, 1.165) is 18.8 Å². The quantitative estimate of drug-likeness (QED) is 0.627. The summed E-state index contributed by atoms with van der Waals surface area (Å²) in [6, 6.07) is 5.72. The number of benzene rings is 1. The average molecular weight is 252 g/mol. The van der Waals surface area contributed by atoms with Gasteiger partial charge in [-0.25, -0.2) is 0 Å². The fraction of sp³-hybridized carbons (Fsp3) is 0.462. The summed E-state index contributed by atoms with van der Waals surface area (Å²) in [6.07, 6.45) is 4.96. The van der Waals surface area contributed by atoms with Crippen LogP contribution in [-0.2, 0) is 0 Å². The molecule has 0 spiro atoms. The second-order valence-electron chi connectivity index (χ2n) is 4.45. The van der Waals surface area contributed by atoms with Crippen molar-refractivity contribution in [1.82, 2.24) is 0 Å². The third kappa shape index (κ3) is 2.72. The van der Waals surface area contributed by atoms with Crippen LogP contribution in [0.25, 0.3) is 0 Å². The van der Waals surface area contributed by atoms with E-state index in [1.165, 1.54) is 25.7 Å². The Labute approximate surface area is 107 Å². The van der Waals surface area contributed by atoms with Crippen LogP contribution >= 0.6 is 11.6 Å². The lowest BCUT2D eigenvalue weighted by atomic mass is 10.1. The Morgan fingerprint density at radius 1 is 1.18 bits per heavy atom. The van der Waals surface area contributed by atoms with E-state index in [1.807, 2.05) is 12.1 Å². The van der Waals surface area contributed by atoms with Crippen LogP contribution in [0.15, 0.2) is 18.2 Å². The van der Waals surface area contributed by atoms with Gasteiger partial charge in [0, 0.05) is 18.8 Å². The lowest BCUT2D eigenvalue weighted by Gasteiger charge is -2.25. The average Bonchev–Trinajstić information content (AvgIpc) is 2.56. The van der Waals surface area contributed by atoms with Gasteiger partial charge in [-0.1, -0.05) is 30.5 Å². The number of rotatable bonds is 2. The Kier molecular flexibility index (Phi) is 3.89. The van der Waals surface area contributed by atoms with Crippen molar-refractivity contribution in [2.45, 2.75) is 25.7 Å². The van der Waals surface area contributed by atoms with Crippen LogP contribution < -0.4 is 10.6 Å². The van der Waals surface area contributed by atoms with Crippen molar-refractivity contribution in [1.29, 1.82) is 5.41 Å². The predicted molar refractivity (Wildman–Crippen MR) is 73.1 cm³/mol. The van der Waals surface area contributed by atoms with Gasteiger partial charge in [-0.2, -0.15) is 0 Å². The maximum absolute atomic E-state index is 7.66. The molecule has 1 heterocycles. The van der Waals surface area contributed by atoms with Gasteiger partial charge in [0.1, 0.15) is 5.84 Å². The van der Waals surface area contributed by atoms with Gasteiger partial charge in [0.25, 0.3) is 0 Å². The van der Waals surface area contributed by atoms with E-state index in [0.29, 0.717) is 10.6 Å². The number of nitrogens with one attached hydrogen (secondary N) is 1. The molecule has 92 valence electrons. The van der Waals surface area contributed by atoms with E-state index < -0.39 is 0 Å². The molecule has 4 heteroatoms. The molecule has 0 aromatic heterocycles. The third-order valence-electron chi connectivity index (χ3n) is 3.21. The molecule has 0 atom stereocenters. The molecule has 1 fully saturated rings. The molecule has 1 aliphatic heterocycles. The summed E-state index contributed by atoms with van der Waals surface area (Å²) >= 11 is 6.14. The van der Waals surface area contributed by atoms with E-state index in [1.54, 1.807) is 6.07 Å². The SMILES string of the molecule is N=C(N)c1c(Cl)cccc1N1CCCCCC1. The van der Waals surface area contributed by atoms with Crippen molar-refractivity contribution in [2.24, 2.45) is 5.73 Å². The topological polar surface area (TPSA) is 53.1 Å². The third-order valence-corrected chi connectivity index (χ3v) is 3.52. The first-order chi connectivity index (χ1) is 8.20. The summed E-state index contributed by atoms with van der Waals surface area (Å²) in [4.78, 5) is 2.30. The summed E-state index contributed by atoms with van der Waals surface area (Å²) in [6.45, 7) is 2.06. The molecule has 3 N–H and O–H groups in total. The molecule has 1 saturated heterocycles. The molecule has 1 aromatic carbocycles. The van der Waals surface area contributed by atoms with Crippen molar-refractivity contribution >= 4 is 23.1 Å². The van der Waals surface area contributed by atoms with Crippen LogP contribution in [0.4, 0.5) is 5.69 Å². The Morgan fingerprint density at radius 2 is 1.82 bits per heavy atom. The minimum absolute atomic E-state index is 0.0508. The summed E-state index contributed by atoms with van der Waals surface area (Å²) < 4.78 is 0. The van der Waals surface area contributed by atoms with E-state index in [4.69, 9.17) is 22.7 Å². The second kappa shape index (κ2) is 5.41. The van der Waals surface area contributed by atoms with Gasteiger partial charge in [0.05, 0.1) is 10.6 Å². The molecule has 0 bridgehead atoms. The van der Waals surface area contributed by atoms with Crippen LogP contribution in [0, 0.1) is 5.41 Å². The molecule has 1 aliphatic rings. The maximum Gasteiger partial charge on any atom is 0.126 e. The van der Waals surface area contributed by atoms with E-state index in [9.17, 15) is 0 Å². The Morgan fingerprint density at radius 3 is 2.41 bits per heavy atom. The van der Waals surface area contributed by atoms with E-state index in [2.05, 4.69) is 4.90 Å². The summed E-state index contributed by atoms with van der Waals surface area (Å²) in [5.41, 5.74) is 7.32. The number of amidine groups is 1. The van der Waals surface area contributed by atoms with Crippen molar-refractivity contribution < 1.29 is 0 Å². The molecular formula is C13H18ClN3. The van der Waals surface area contributed by atoms with Gasteiger partial charge in [-0.3, -0.25) is 5.41 Å². The number of nitrogens with zero attached hydrogens (tertiary/aromatic N) is 1. The smallest absolute Gasteiger partial charge is 0.126 e. The molecule has 2 rings (SSSR count). The highest BCUT2D eigenvalue weighted by atomic mass is 35.5. The normalized spacial score (nSPS) is 16.6. The van der Waals surface area contributed by atoms with Crippen molar-refractivity contribution in [2.75, 3.05) is 18.0 Å². The monoisotopic (exact) mass is 251 g/mol. The minimum atomic E-state index is 0.0508. The Hall–Kier alpha value is -1.22. The number of anilines is 1. The number of hydrogen-bond acceptors (Lipinski definition) is 2. The molecule has 17 heavy (non-hydrogen) atoms. The zero-order chi connectivity index (χ0) is 12.3. The van der Waals surface area contributed by atoms with Crippen LogP contribution in [0.2, 0.25) is 5.02 Å². The predicted octanol–water partition coefficient (Wildman–Crippen LogP) is 3.00. The fourth-order valence-electron chi connectivity index (χ4n) is 2.35. The number of halogens is 1. The number of hydrogen-bond donors (Lipinski definition) is 2. The van der Waals surface area contributed by atoms with E-state index >= 15 is 0 Å². The Balaban J connectivity index is 2.36. The summed E-state index contributed by atoms with van der Waals surface area (Å²) in [7, 11) is 0. The van der Waals surface area contributed by atoms with Crippen molar-refractivity contribution in [3.05, 3.63) is 28.8 Å². The molecule has 0 aliphatic carbocycles. The largest absolute Gasteiger partial charge is 0.384 e. The molecule has 0 saturated carbocycles. The highest BCUT2D eigenvalue weighted by molar-refractivity contribution is 6.34. The van der Waals surface area contributed by atoms with Crippen molar-refractivity contribution in [3.63, 3.8) is 0 Å². The van der Waals surface area contributed by atoms with Gasteiger partial charge in [-0.15, -0.1) is 0 Å². The fourth-order valence-corrected chi connectivity index (χ4v) is 2.63. The van der Waals surface area contributed by atoms with Crippen LogP contribution in [0.5, 0.6) is 0 Å². The lowest BCUT2D eigenvalue weighted by Crippen LogP contribution is -2.27. The summed E-state index contributed by atoms with van der Waals surface area (Å²) in [5.74, 6) is 0.0508. The van der Waals surface area contributed by atoms with Crippen LogP contribution in [-0.4, -0.2) is 18.9 Å². The second-order valence-corrected chi connectivity index (χ2v) is 4.86. The van der Waals surface area contributed by atoms with Gasteiger partial charge in [-0.05, 0) is 25.0 Å². The zero-order valence-corrected chi connectivity index (χ0v) is 10.6. The van der Waals surface area contributed by atoms with Gasteiger partial charge in [0.15, 0.2) is 0 Å². The van der Waals surface area contributed by atoms with Gasteiger partial charge >= 0.3 is 0 Å². The van der Waals surface area contributed by atoms with Crippen LogP contribution in [0.3, 0.4) is 0 Å². The molecule has 0 unspecified atom stereocenters. The highest BCUT2D eigenvalue weighted by Gasteiger charge is 2.16. The zero-order valence-electron chi connectivity index (χ0n) is 9.88. The first-order valence-corrected chi connectivity index (χ1v) is 6.46. The molecule has 3 nitrogen and oxygen atoms in total. The van der Waals surface area contributed by atoms with Crippen molar-refractivity contribution in [3.8, 4) is 0 Å².